The zero-order valence-electron chi connectivity index (χ0n) is 28.6. The summed E-state index contributed by atoms with van der Waals surface area (Å²) < 4.78 is 4.96. The van der Waals surface area contributed by atoms with Crippen LogP contribution in [0.5, 0.6) is 0 Å². The average Bonchev–Trinajstić information content (AvgIpc) is 3.74. The van der Waals surface area contributed by atoms with Crippen molar-refractivity contribution in [2.75, 3.05) is 0 Å². The summed E-state index contributed by atoms with van der Waals surface area (Å²) in [6.07, 6.45) is 4.15. The van der Waals surface area contributed by atoms with Gasteiger partial charge in [0.15, 0.2) is 0 Å². The molecule has 0 fully saturated rings. The number of rotatable bonds is 6. The molecule has 1 atom stereocenters. The topological polar surface area (TPSA) is 17.3 Å². The molecule has 2 heterocycles. The van der Waals surface area contributed by atoms with E-state index in [1.165, 1.54) is 75.4 Å². The Bertz CT molecular complexity index is 2760. The van der Waals surface area contributed by atoms with Gasteiger partial charge in [0, 0.05) is 43.1 Å². The van der Waals surface area contributed by atoms with Crippen molar-refractivity contribution in [1.29, 1.82) is 0 Å². The number of fused-ring (bicyclic) bond motifs is 6. The molecule has 0 saturated carbocycles. The lowest BCUT2D eigenvalue weighted by molar-refractivity contribution is 0.963. The number of thiophene rings is 1. The van der Waals surface area contributed by atoms with Crippen LogP contribution < -0.4 is 0 Å². The Labute approximate surface area is 302 Å². The minimum atomic E-state index is 0.226. The SMILES string of the molecule is C/C(=N\C=C/C(C)c1ccc(-c2cccc(-c3ccccc3)c2)cc1)n1c2ccccc2c2cc(-c3cccc4c3sc3ccccc34)ccc21. The van der Waals surface area contributed by atoms with Gasteiger partial charge < -0.3 is 0 Å². The van der Waals surface area contributed by atoms with Crippen LogP contribution in [0.1, 0.15) is 25.3 Å². The zero-order valence-corrected chi connectivity index (χ0v) is 29.4. The zero-order chi connectivity index (χ0) is 34.3. The summed E-state index contributed by atoms with van der Waals surface area (Å²) in [7, 11) is 0. The molecule has 1 unspecified atom stereocenters. The van der Waals surface area contributed by atoms with E-state index < -0.39 is 0 Å². The number of para-hydroxylation sites is 1. The van der Waals surface area contributed by atoms with Crippen molar-refractivity contribution in [3.63, 3.8) is 0 Å². The highest BCUT2D eigenvalue weighted by molar-refractivity contribution is 7.26. The number of benzene rings is 7. The van der Waals surface area contributed by atoms with E-state index in [0.717, 1.165) is 11.4 Å². The van der Waals surface area contributed by atoms with Gasteiger partial charge in [0.1, 0.15) is 5.84 Å². The minimum absolute atomic E-state index is 0.226. The van der Waals surface area contributed by atoms with Crippen LogP contribution in [0.25, 0.3) is 75.4 Å². The number of hydrogen-bond acceptors (Lipinski definition) is 2. The van der Waals surface area contributed by atoms with Crippen LogP contribution in [-0.4, -0.2) is 10.4 Å². The molecule has 3 heteroatoms. The van der Waals surface area contributed by atoms with Crippen LogP contribution in [0.4, 0.5) is 0 Å². The van der Waals surface area contributed by atoms with Crippen molar-refractivity contribution in [3.8, 4) is 33.4 Å². The number of allylic oxidation sites excluding steroid dienone is 1. The molecule has 0 amide bonds. The van der Waals surface area contributed by atoms with E-state index in [2.05, 4.69) is 188 Å². The van der Waals surface area contributed by atoms with Crippen molar-refractivity contribution >= 4 is 59.2 Å². The first-order chi connectivity index (χ1) is 25.1. The molecule has 0 aliphatic carbocycles. The molecule has 0 aliphatic heterocycles. The first kappa shape index (κ1) is 31.0. The van der Waals surface area contributed by atoms with Crippen LogP contribution in [0.3, 0.4) is 0 Å². The highest BCUT2D eigenvalue weighted by Crippen LogP contribution is 2.41. The molecule has 9 rings (SSSR count). The van der Waals surface area contributed by atoms with Gasteiger partial charge in [-0.25, -0.2) is 4.99 Å². The minimum Gasteiger partial charge on any atom is -0.297 e. The summed E-state index contributed by atoms with van der Waals surface area (Å²) in [5.41, 5.74) is 11.0. The van der Waals surface area contributed by atoms with Gasteiger partial charge in [-0.3, -0.25) is 4.57 Å². The van der Waals surface area contributed by atoms with Crippen molar-refractivity contribution in [3.05, 3.63) is 182 Å². The van der Waals surface area contributed by atoms with E-state index in [9.17, 15) is 0 Å². The Morgan fingerprint density at radius 3 is 2.00 bits per heavy atom. The quantitative estimate of drug-likeness (QED) is 0.124. The fourth-order valence-corrected chi connectivity index (χ4v) is 8.64. The van der Waals surface area contributed by atoms with Crippen molar-refractivity contribution in [2.45, 2.75) is 19.8 Å². The third-order valence-corrected chi connectivity index (χ3v) is 11.3. The first-order valence-corrected chi connectivity index (χ1v) is 18.4. The summed E-state index contributed by atoms with van der Waals surface area (Å²) in [6, 6.07) is 59.2. The first-order valence-electron chi connectivity index (χ1n) is 17.5. The van der Waals surface area contributed by atoms with Gasteiger partial charge in [0.05, 0.1) is 11.0 Å². The van der Waals surface area contributed by atoms with Gasteiger partial charge in [-0.2, -0.15) is 0 Å². The fraction of sp³-hybridized carbons (Fsp3) is 0.0625. The lowest BCUT2D eigenvalue weighted by atomic mass is 9.95. The fourth-order valence-electron chi connectivity index (χ4n) is 7.40. The molecular formula is C48H36N2S. The number of aliphatic imine (C=N–C) groups is 1. The van der Waals surface area contributed by atoms with E-state index in [4.69, 9.17) is 4.99 Å². The molecule has 0 saturated heterocycles. The average molecular weight is 673 g/mol. The molecule has 0 spiro atoms. The molecule has 0 radical (unpaired) electrons. The van der Waals surface area contributed by atoms with Gasteiger partial charge >= 0.3 is 0 Å². The second-order valence-corrected chi connectivity index (χ2v) is 14.3. The summed E-state index contributed by atoms with van der Waals surface area (Å²) in [4.78, 5) is 4.98. The molecule has 9 aromatic rings. The smallest absolute Gasteiger partial charge is 0.110 e. The summed E-state index contributed by atoms with van der Waals surface area (Å²) in [5, 5.41) is 5.12. The molecular weight excluding hydrogens is 637 g/mol. The molecule has 0 N–H and O–H groups in total. The van der Waals surface area contributed by atoms with Crippen LogP contribution in [0.2, 0.25) is 0 Å². The molecule has 2 nitrogen and oxygen atoms in total. The highest BCUT2D eigenvalue weighted by atomic mass is 32.1. The number of aromatic nitrogens is 1. The lowest BCUT2D eigenvalue weighted by Crippen LogP contribution is -2.06. The van der Waals surface area contributed by atoms with Crippen molar-refractivity contribution in [2.24, 2.45) is 4.99 Å². The predicted molar refractivity (Wildman–Crippen MR) is 221 cm³/mol. The maximum atomic E-state index is 4.98. The second kappa shape index (κ2) is 13.0. The van der Waals surface area contributed by atoms with Crippen LogP contribution in [0, 0.1) is 0 Å². The van der Waals surface area contributed by atoms with Crippen LogP contribution >= 0.6 is 11.3 Å². The van der Waals surface area contributed by atoms with Gasteiger partial charge in [-0.1, -0.05) is 146 Å². The molecule has 2 aromatic heterocycles. The van der Waals surface area contributed by atoms with Crippen molar-refractivity contribution < 1.29 is 0 Å². The van der Waals surface area contributed by atoms with Gasteiger partial charge in [0.2, 0.25) is 0 Å². The molecule has 51 heavy (non-hydrogen) atoms. The Kier molecular flexibility index (Phi) is 7.91. The van der Waals surface area contributed by atoms with Gasteiger partial charge in [-0.05, 0) is 76.2 Å². The normalized spacial score (nSPS) is 12.9. The number of nitrogens with zero attached hydrogens (tertiary/aromatic N) is 2. The maximum absolute atomic E-state index is 4.98. The standard InChI is InChI=1S/C48H36N2S/c1-32(34-22-24-36(25-23-34)38-15-10-14-37(30-38)35-12-4-3-5-13-35)28-29-49-33(2)50-45-20-8-6-16-41(45)44-31-39(26-27-46(44)50)40-18-11-19-43-42-17-7-9-21-47(42)51-48(40)43/h3-32H,1-2H3/b29-28-,49-33+. The van der Waals surface area contributed by atoms with E-state index in [0.29, 0.717) is 0 Å². The third kappa shape index (κ3) is 5.66. The van der Waals surface area contributed by atoms with E-state index in [1.54, 1.807) is 0 Å². The Morgan fingerprint density at radius 1 is 0.549 bits per heavy atom. The maximum Gasteiger partial charge on any atom is 0.110 e. The second-order valence-electron chi connectivity index (χ2n) is 13.2. The number of hydrogen-bond donors (Lipinski definition) is 0. The van der Waals surface area contributed by atoms with Gasteiger partial charge in [-0.15, -0.1) is 11.3 Å². The van der Waals surface area contributed by atoms with E-state index >= 15 is 0 Å². The van der Waals surface area contributed by atoms with Crippen LogP contribution in [-0.2, 0) is 0 Å². The molecule has 0 aliphatic rings. The lowest BCUT2D eigenvalue weighted by Gasteiger charge is -2.10. The summed E-state index contributed by atoms with van der Waals surface area (Å²) in [6.45, 7) is 4.33. The summed E-state index contributed by atoms with van der Waals surface area (Å²) >= 11 is 1.88. The molecule has 7 aromatic carbocycles. The van der Waals surface area contributed by atoms with E-state index in [1.807, 2.05) is 17.5 Å². The Hall–Kier alpha value is -6.03. The summed E-state index contributed by atoms with van der Waals surface area (Å²) in [5.74, 6) is 1.17. The van der Waals surface area contributed by atoms with Crippen molar-refractivity contribution in [1.82, 2.24) is 4.57 Å². The molecule has 0 bridgehead atoms. The van der Waals surface area contributed by atoms with E-state index in [-0.39, 0.29) is 5.92 Å². The Morgan fingerprint density at radius 2 is 1.18 bits per heavy atom. The molecule has 244 valence electrons. The monoisotopic (exact) mass is 672 g/mol. The van der Waals surface area contributed by atoms with Crippen LogP contribution in [0.15, 0.2) is 181 Å². The Balaban J connectivity index is 0.999. The van der Waals surface area contributed by atoms with Gasteiger partial charge in [0.25, 0.3) is 0 Å². The predicted octanol–water partition coefficient (Wildman–Crippen LogP) is 13.7. The highest BCUT2D eigenvalue weighted by Gasteiger charge is 2.15. The third-order valence-electron chi connectivity index (χ3n) is 10.1. The largest absolute Gasteiger partial charge is 0.297 e.